The topological polar surface area (TPSA) is 63.8 Å². The number of nitrogens with one attached hydrogen (secondary N) is 1. The molecule has 1 aromatic rings. The number of aromatic nitrogens is 2. The third kappa shape index (κ3) is 1.47. The number of rotatable bonds is 1. The number of anilines is 1. The molecule has 0 spiro atoms. The van der Waals surface area contributed by atoms with Gasteiger partial charge in [0.1, 0.15) is 0 Å². The minimum absolute atomic E-state index is 0.185. The highest BCUT2D eigenvalue weighted by Gasteiger charge is 1.99. The van der Waals surface area contributed by atoms with Gasteiger partial charge in [0, 0.05) is 0 Å². The lowest BCUT2D eigenvalue weighted by Gasteiger charge is -1.97. The summed E-state index contributed by atoms with van der Waals surface area (Å²) < 4.78 is 0. The number of halogens is 2. The fourth-order valence-corrected chi connectivity index (χ4v) is 0.636. The van der Waals surface area contributed by atoms with Gasteiger partial charge in [-0.3, -0.25) is 5.43 Å². The molecule has 1 heterocycles. The van der Waals surface area contributed by atoms with Gasteiger partial charge in [-0.15, -0.1) is 0 Å². The zero-order valence-corrected chi connectivity index (χ0v) is 6.32. The molecular weight excluding hydrogens is 175 g/mol. The van der Waals surface area contributed by atoms with Crippen molar-refractivity contribution in [2.75, 3.05) is 5.43 Å². The van der Waals surface area contributed by atoms with Crippen molar-refractivity contribution < 1.29 is 0 Å². The first kappa shape index (κ1) is 7.53. The lowest BCUT2D eigenvalue weighted by Crippen LogP contribution is -2.10. The highest BCUT2D eigenvalue weighted by molar-refractivity contribution is 6.41. The van der Waals surface area contributed by atoms with E-state index in [0.717, 1.165) is 0 Å². The summed E-state index contributed by atoms with van der Waals surface area (Å²) in [6.07, 6.45) is 1.37. The van der Waals surface area contributed by atoms with E-state index in [4.69, 9.17) is 29.0 Å². The minimum atomic E-state index is 0.185. The summed E-state index contributed by atoms with van der Waals surface area (Å²) in [5.74, 6) is 5.24. The van der Waals surface area contributed by atoms with Crippen LogP contribution < -0.4 is 11.3 Å². The quantitative estimate of drug-likeness (QED) is 0.384. The monoisotopic (exact) mass is 178 g/mol. The molecule has 10 heavy (non-hydrogen) atoms. The van der Waals surface area contributed by atoms with Gasteiger partial charge in [-0.25, -0.2) is 10.8 Å². The van der Waals surface area contributed by atoms with Crippen molar-refractivity contribution in [2.24, 2.45) is 5.84 Å². The predicted molar refractivity (Wildman–Crippen MR) is 39.9 cm³/mol. The first-order chi connectivity index (χ1) is 4.74. The van der Waals surface area contributed by atoms with Crippen LogP contribution >= 0.6 is 23.2 Å². The van der Waals surface area contributed by atoms with Crippen molar-refractivity contribution in [1.82, 2.24) is 9.97 Å². The zero-order valence-electron chi connectivity index (χ0n) is 4.81. The van der Waals surface area contributed by atoms with Crippen LogP contribution in [0.3, 0.4) is 0 Å². The van der Waals surface area contributed by atoms with Crippen molar-refractivity contribution in [3.05, 3.63) is 16.4 Å². The number of hydrogen-bond acceptors (Lipinski definition) is 4. The summed E-state index contributed by atoms with van der Waals surface area (Å²) in [4.78, 5) is 7.37. The second-order valence-corrected chi connectivity index (χ2v) is 2.24. The molecule has 0 radical (unpaired) electrons. The Kier molecular flexibility index (Phi) is 2.26. The van der Waals surface area contributed by atoms with Gasteiger partial charge in [0.15, 0.2) is 5.15 Å². The summed E-state index contributed by atoms with van der Waals surface area (Å²) in [5.41, 5.74) is 2.23. The van der Waals surface area contributed by atoms with Crippen LogP contribution in [-0.2, 0) is 0 Å². The molecule has 1 rings (SSSR count). The van der Waals surface area contributed by atoms with Gasteiger partial charge in [-0.1, -0.05) is 23.2 Å². The first-order valence-electron chi connectivity index (χ1n) is 2.38. The van der Waals surface area contributed by atoms with Crippen molar-refractivity contribution in [3.8, 4) is 0 Å². The Balaban J connectivity index is 3.04. The van der Waals surface area contributed by atoms with E-state index in [1.54, 1.807) is 0 Å². The van der Waals surface area contributed by atoms with Crippen LogP contribution in [0.5, 0.6) is 0 Å². The second kappa shape index (κ2) is 3.01. The summed E-state index contributed by atoms with van der Waals surface area (Å²) in [6, 6.07) is 0. The first-order valence-corrected chi connectivity index (χ1v) is 3.14. The lowest BCUT2D eigenvalue weighted by molar-refractivity contribution is 1.12. The highest BCUT2D eigenvalue weighted by Crippen LogP contribution is 2.17. The van der Waals surface area contributed by atoms with Gasteiger partial charge in [0.25, 0.3) is 0 Å². The molecule has 3 N–H and O–H groups in total. The van der Waals surface area contributed by atoms with E-state index in [2.05, 4.69) is 15.4 Å². The zero-order chi connectivity index (χ0) is 7.56. The molecule has 0 fully saturated rings. The van der Waals surface area contributed by atoms with E-state index >= 15 is 0 Å². The van der Waals surface area contributed by atoms with Gasteiger partial charge in [-0.05, 0) is 0 Å². The molecule has 0 aromatic carbocycles. The van der Waals surface area contributed by atoms with E-state index < -0.39 is 0 Å². The molecule has 0 atom stereocenters. The summed E-state index contributed by atoms with van der Waals surface area (Å²) in [5, 5.41) is 0.491. The van der Waals surface area contributed by atoms with Crippen LogP contribution in [0.2, 0.25) is 10.2 Å². The number of nitrogens with zero attached hydrogens (tertiary/aromatic N) is 2. The maximum absolute atomic E-state index is 5.51. The number of hydrogen-bond donors (Lipinski definition) is 2. The fraction of sp³-hybridized carbons (Fsp3) is 0. The van der Waals surface area contributed by atoms with Gasteiger partial charge in [-0.2, -0.15) is 4.98 Å². The predicted octanol–water partition coefficient (Wildman–Crippen LogP) is 1.07. The van der Waals surface area contributed by atoms with E-state index in [0.29, 0.717) is 5.02 Å². The normalized spacial score (nSPS) is 9.50. The Hall–Kier alpha value is -0.580. The molecule has 0 amide bonds. The van der Waals surface area contributed by atoms with Crippen molar-refractivity contribution >= 4 is 29.2 Å². The van der Waals surface area contributed by atoms with E-state index in [1.807, 2.05) is 0 Å². The average molecular weight is 179 g/mol. The minimum Gasteiger partial charge on any atom is -0.292 e. The number of hydrazine groups is 1. The maximum atomic E-state index is 5.51. The molecule has 4 nitrogen and oxygen atoms in total. The van der Waals surface area contributed by atoms with Crippen molar-refractivity contribution in [3.63, 3.8) is 0 Å². The Bertz CT molecular complexity index is 239. The molecule has 0 aliphatic rings. The van der Waals surface area contributed by atoms with Crippen molar-refractivity contribution in [2.45, 2.75) is 0 Å². The van der Waals surface area contributed by atoms with Gasteiger partial charge >= 0.3 is 0 Å². The van der Waals surface area contributed by atoms with Crippen LogP contribution in [0.15, 0.2) is 6.20 Å². The Morgan fingerprint density at radius 3 is 2.70 bits per heavy atom. The van der Waals surface area contributed by atoms with Gasteiger partial charge in [0.05, 0.1) is 11.2 Å². The smallest absolute Gasteiger partial charge is 0.238 e. The highest BCUT2D eigenvalue weighted by atomic mass is 35.5. The number of nitrogens with two attached hydrogens (primary N) is 1. The van der Waals surface area contributed by atoms with E-state index in [9.17, 15) is 0 Å². The maximum Gasteiger partial charge on any atom is 0.238 e. The van der Waals surface area contributed by atoms with E-state index in [1.165, 1.54) is 6.20 Å². The SMILES string of the molecule is NNc1ncc(Cl)c(Cl)n1. The Morgan fingerprint density at radius 2 is 2.20 bits per heavy atom. The largest absolute Gasteiger partial charge is 0.292 e. The molecule has 0 aliphatic heterocycles. The molecule has 0 saturated carbocycles. The van der Waals surface area contributed by atoms with Crippen molar-refractivity contribution in [1.29, 1.82) is 0 Å². The average Bonchev–Trinajstić information content (AvgIpc) is 1.95. The second-order valence-electron chi connectivity index (χ2n) is 1.48. The van der Waals surface area contributed by atoms with Gasteiger partial charge < -0.3 is 0 Å². The molecule has 1 aromatic heterocycles. The van der Waals surface area contributed by atoms with Crippen LogP contribution in [0.4, 0.5) is 5.95 Å². The van der Waals surface area contributed by atoms with Crippen LogP contribution in [0.1, 0.15) is 0 Å². The standard InChI is InChI=1S/C4H4Cl2N4/c5-2-1-8-4(10-7)9-3(2)6/h1H,7H2,(H,8,9,10). The Morgan fingerprint density at radius 1 is 1.50 bits per heavy atom. The molecule has 0 bridgehead atoms. The molecular formula is C4H4Cl2N4. The molecule has 0 aliphatic carbocycles. The molecule has 0 saturated heterocycles. The Labute approximate surface area is 67.3 Å². The third-order valence-corrected chi connectivity index (χ3v) is 1.49. The summed E-state index contributed by atoms with van der Waals surface area (Å²) in [7, 11) is 0. The lowest BCUT2D eigenvalue weighted by atomic mass is 10.7. The molecule has 0 unspecified atom stereocenters. The van der Waals surface area contributed by atoms with Crippen LogP contribution in [0, 0.1) is 0 Å². The van der Waals surface area contributed by atoms with Gasteiger partial charge in [0.2, 0.25) is 5.95 Å². The molecule has 54 valence electrons. The third-order valence-electron chi connectivity index (χ3n) is 0.830. The summed E-state index contributed by atoms with van der Waals surface area (Å²) in [6.45, 7) is 0. The molecule has 6 heteroatoms. The van der Waals surface area contributed by atoms with E-state index in [-0.39, 0.29) is 11.1 Å². The fourth-order valence-electron chi connectivity index (χ4n) is 0.416. The summed E-state index contributed by atoms with van der Waals surface area (Å²) >= 11 is 11.0. The van der Waals surface area contributed by atoms with Crippen LogP contribution in [-0.4, -0.2) is 9.97 Å². The van der Waals surface area contributed by atoms with Crippen LogP contribution in [0.25, 0.3) is 0 Å². The number of nitrogen functional groups attached to an aromatic ring is 1.